The van der Waals surface area contributed by atoms with Crippen molar-refractivity contribution in [1.82, 2.24) is 0 Å². The third kappa shape index (κ3) is 3.36. The summed E-state index contributed by atoms with van der Waals surface area (Å²) in [7, 11) is 0. The first-order chi connectivity index (χ1) is 7.97. The molecule has 1 unspecified atom stereocenters. The molecule has 0 saturated heterocycles. The quantitative estimate of drug-likeness (QED) is 0.831. The summed E-state index contributed by atoms with van der Waals surface area (Å²) in [5, 5.41) is 8.90. The van der Waals surface area contributed by atoms with E-state index in [1.807, 2.05) is 0 Å². The molecule has 0 aliphatic carbocycles. The highest BCUT2D eigenvalue weighted by Gasteiger charge is 2.26. The zero-order valence-corrected chi connectivity index (χ0v) is 9.48. The number of halogens is 4. The second-order valence-corrected chi connectivity index (χ2v) is 3.88. The van der Waals surface area contributed by atoms with E-state index in [4.69, 9.17) is 16.7 Å². The standard InChI is InChI=1S/C11H10ClF3O2/c12-3-1-2-7(11(16)17)10-8(14)4-6(13)5-9(10)15/h4-5,7H,1-3H2,(H,16,17). The van der Waals surface area contributed by atoms with Crippen LogP contribution in [0, 0.1) is 17.5 Å². The summed E-state index contributed by atoms with van der Waals surface area (Å²) in [6.45, 7) is 0. The number of carboxylic acids is 1. The molecule has 0 fully saturated rings. The van der Waals surface area contributed by atoms with Crippen LogP contribution in [-0.4, -0.2) is 17.0 Å². The number of benzene rings is 1. The van der Waals surface area contributed by atoms with Crippen molar-refractivity contribution in [1.29, 1.82) is 0 Å². The van der Waals surface area contributed by atoms with Gasteiger partial charge >= 0.3 is 5.97 Å². The molecule has 0 saturated carbocycles. The minimum absolute atomic E-state index is 0.00168. The van der Waals surface area contributed by atoms with Gasteiger partial charge in [-0.2, -0.15) is 0 Å². The molecular formula is C11H10ClF3O2. The summed E-state index contributed by atoms with van der Waals surface area (Å²) < 4.78 is 39.4. The predicted molar refractivity (Wildman–Crippen MR) is 56.6 cm³/mol. The second kappa shape index (κ2) is 5.91. The molecule has 94 valence electrons. The first-order valence-electron chi connectivity index (χ1n) is 4.90. The predicted octanol–water partition coefficient (Wildman–Crippen LogP) is 3.29. The maximum absolute atomic E-state index is 13.4. The zero-order chi connectivity index (χ0) is 13.0. The molecule has 0 bridgehead atoms. The van der Waals surface area contributed by atoms with Crippen molar-refractivity contribution < 1.29 is 23.1 Å². The van der Waals surface area contributed by atoms with Gasteiger partial charge in [0.1, 0.15) is 17.5 Å². The van der Waals surface area contributed by atoms with Gasteiger partial charge in [-0.25, -0.2) is 13.2 Å². The summed E-state index contributed by atoms with van der Waals surface area (Å²) >= 11 is 5.40. The van der Waals surface area contributed by atoms with Crippen molar-refractivity contribution in [3.63, 3.8) is 0 Å². The largest absolute Gasteiger partial charge is 0.481 e. The fourth-order valence-corrected chi connectivity index (χ4v) is 1.71. The smallest absolute Gasteiger partial charge is 0.311 e. The van der Waals surface area contributed by atoms with Crippen LogP contribution in [0.15, 0.2) is 12.1 Å². The highest BCUT2D eigenvalue weighted by Crippen LogP contribution is 2.28. The molecule has 1 atom stereocenters. The van der Waals surface area contributed by atoms with Gasteiger partial charge in [0.2, 0.25) is 0 Å². The minimum atomic E-state index is -1.36. The summed E-state index contributed by atoms with van der Waals surface area (Å²) in [5.41, 5.74) is -0.621. The van der Waals surface area contributed by atoms with E-state index in [0.717, 1.165) is 0 Å². The molecule has 1 aromatic carbocycles. The topological polar surface area (TPSA) is 37.3 Å². The summed E-state index contributed by atoms with van der Waals surface area (Å²) in [5.74, 6) is -5.98. The number of carbonyl (C=O) groups is 1. The number of alkyl halides is 1. The van der Waals surface area contributed by atoms with Crippen molar-refractivity contribution >= 4 is 17.6 Å². The lowest BCUT2D eigenvalue weighted by Gasteiger charge is -2.13. The van der Waals surface area contributed by atoms with Crippen LogP contribution >= 0.6 is 11.6 Å². The maximum atomic E-state index is 13.4. The Labute approximate surface area is 101 Å². The molecule has 0 heterocycles. The van der Waals surface area contributed by atoms with Crippen LogP contribution in [0.3, 0.4) is 0 Å². The monoisotopic (exact) mass is 266 g/mol. The van der Waals surface area contributed by atoms with Crippen LogP contribution in [0.1, 0.15) is 24.3 Å². The van der Waals surface area contributed by atoms with Crippen LogP contribution in [0.2, 0.25) is 0 Å². The minimum Gasteiger partial charge on any atom is -0.481 e. The number of aliphatic carboxylic acids is 1. The van der Waals surface area contributed by atoms with Crippen molar-refractivity contribution in [2.45, 2.75) is 18.8 Å². The van der Waals surface area contributed by atoms with Gasteiger partial charge < -0.3 is 5.11 Å². The average Bonchev–Trinajstić information content (AvgIpc) is 2.20. The van der Waals surface area contributed by atoms with Crippen LogP contribution in [-0.2, 0) is 4.79 Å². The molecule has 0 aromatic heterocycles. The van der Waals surface area contributed by atoms with E-state index in [0.29, 0.717) is 18.6 Å². The summed E-state index contributed by atoms with van der Waals surface area (Å²) in [6.07, 6.45) is 0.299. The van der Waals surface area contributed by atoms with Crippen molar-refractivity contribution in [3.8, 4) is 0 Å². The lowest BCUT2D eigenvalue weighted by molar-refractivity contribution is -0.139. The van der Waals surface area contributed by atoms with Crippen LogP contribution < -0.4 is 0 Å². The summed E-state index contributed by atoms with van der Waals surface area (Å²) in [6, 6.07) is 0.935. The zero-order valence-electron chi connectivity index (χ0n) is 8.72. The summed E-state index contributed by atoms with van der Waals surface area (Å²) in [4.78, 5) is 10.9. The molecule has 1 aromatic rings. The number of hydrogen-bond acceptors (Lipinski definition) is 1. The Hall–Kier alpha value is -1.23. The van der Waals surface area contributed by atoms with Crippen LogP contribution in [0.4, 0.5) is 13.2 Å². The third-order valence-corrected chi connectivity index (χ3v) is 2.58. The highest BCUT2D eigenvalue weighted by molar-refractivity contribution is 6.17. The Balaban J connectivity index is 3.14. The van der Waals surface area contributed by atoms with Gasteiger partial charge in [0.05, 0.1) is 5.92 Å². The molecule has 6 heteroatoms. The molecular weight excluding hydrogens is 257 g/mol. The molecule has 0 radical (unpaired) electrons. The van der Waals surface area contributed by atoms with Crippen LogP contribution in [0.25, 0.3) is 0 Å². The van der Waals surface area contributed by atoms with Crippen LogP contribution in [0.5, 0.6) is 0 Å². The van der Waals surface area contributed by atoms with Gasteiger partial charge in [-0.05, 0) is 12.8 Å². The Kier molecular flexibility index (Phi) is 4.81. The molecule has 0 aliphatic heterocycles. The third-order valence-electron chi connectivity index (χ3n) is 2.32. The fourth-order valence-electron chi connectivity index (χ4n) is 1.56. The Morgan fingerprint density at radius 3 is 2.24 bits per heavy atom. The Bertz CT molecular complexity index is 400. The van der Waals surface area contributed by atoms with E-state index in [9.17, 15) is 18.0 Å². The highest BCUT2D eigenvalue weighted by atomic mass is 35.5. The molecule has 0 aliphatic rings. The first kappa shape index (κ1) is 13.8. The number of rotatable bonds is 5. The first-order valence-corrected chi connectivity index (χ1v) is 5.44. The van der Waals surface area contributed by atoms with Crippen molar-refractivity contribution in [2.24, 2.45) is 0 Å². The van der Waals surface area contributed by atoms with Gasteiger partial charge in [-0.1, -0.05) is 0 Å². The van der Waals surface area contributed by atoms with E-state index in [2.05, 4.69) is 0 Å². The average molecular weight is 267 g/mol. The maximum Gasteiger partial charge on any atom is 0.311 e. The van der Waals surface area contributed by atoms with Crippen molar-refractivity contribution in [2.75, 3.05) is 5.88 Å². The number of hydrogen-bond donors (Lipinski definition) is 1. The number of carboxylic acid groups (broad SMARTS) is 1. The van der Waals surface area contributed by atoms with E-state index >= 15 is 0 Å². The molecule has 1 rings (SSSR count). The lowest BCUT2D eigenvalue weighted by atomic mass is 9.93. The fraction of sp³-hybridized carbons (Fsp3) is 0.364. The van der Waals surface area contributed by atoms with E-state index in [-0.39, 0.29) is 12.3 Å². The second-order valence-electron chi connectivity index (χ2n) is 3.51. The van der Waals surface area contributed by atoms with E-state index in [1.54, 1.807) is 0 Å². The van der Waals surface area contributed by atoms with Gasteiger partial charge in [0.15, 0.2) is 0 Å². The van der Waals surface area contributed by atoms with E-state index < -0.39 is 34.9 Å². The Morgan fingerprint density at radius 2 is 1.82 bits per heavy atom. The molecule has 2 nitrogen and oxygen atoms in total. The van der Waals surface area contributed by atoms with E-state index in [1.165, 1.54) is 0 Å². The lowest BCUT2D eigenvalue weighted by Crippen LogP contribution is -2.15. The van der Waals surface area contributed by atoms with Gasteiger partial charge in [0, 0.05) is 23.6 Å². The molecule has 17 heavy (non-hydrogen) atoms. The molecule has 0 amide bonds. The molecule has 1 N–H and O–H groups in total. The molecule has 0 spiro atoms. The van der Waals surface area contributed by atoms with Gasteiger partial charge in [0.25, 0.3) is 0 Å². The normalized spacial score (nSPS) is 12.5. The Morgan fingerprint density at radius 1 is 1.29 bits per heavy atom. The van der Waals surface area contributed by atoms with Crippen molar-refractivity contribution in [3.05, 3.63) is 35.1 Å². The van der Waals surface area contributed by atoms with Gasteiger partial charge in [-0.3, -0.25) is 4.79 Å². The SMILES string of the molecule is O=C(O)C(CCCCl)c1c(F)cc(F)cc1F. The van der Waals surface area contributed by atoms with Gasteiger partial charge in [-0.15, -0.1) is 11.6 Å².